The molecule has 1 amide bonds. The quantitative estimate of drug-likeness (QED) is 0.910. The lowest BCUT2D eigenvalue weighted by Gasteiger charge is -2.38. The molecule has 0 atom stereocenters. The van der Waals surface area contributed by atoms with Gasteiger partial charge >= 0.3 is 6.18 Å². The van der Waals surface area contributed by atoms with Gasteiger partial charge in [-0.05, 0) is 17.7 Å². The van der Waals surface area contributed by atoms with E-state index in [1.165, 1.54) is 12.1 Å². The molecule has 1 fully saturated rings. The maximum absolute atomic E-state index is 12.4. The van der Waals surface area contributed by atoms with Crippen molar-refractivity contribution in [2.24, 2.45) is 5.92 Å². The average molecular weight is 273 g/mol. The van der Waals surface area contributed by atoms with E-state index >= 15 is 0 Å². The van der Waals surface area contributed by atoms with Gasteiger partial charge in [-0.3, -0.25) is 4.79 Å². The second kappa shape index (κ2) is 5.21. The Kier molecular flexibility index (Phi) is 3.80. The van der Waals surface area contributed by atoms with Crippen molar-refractivity contribution in [1.82, 2.24) is 4.90 Å². The van der Waals surface area contributed by atoms with E-state index in [9.17, 15) is 18.0 Å². The molecule has 19 heavy (non-hydrogen) atoms. The molecule has 0 spiro atoms. The Balaban J connectivity index is 1.91. The van der Waals surface area contributed by atoms with E-state index in [4.69, 9.17) is 5.11 Å². The topological polar surface area (TPSA) is 40.5 Å². The van der Waals surface area contributed by atoms with E-state index in [0.29, 0.717) is 18.7 Å². The average Bonchev–Trinajstić information content (AvgIpc) is 2.27. The van der Waals surface area contributed by atoms with Gasteiger partial charge in [-0.15, -0.1) is 0 Å². The molecule has 1 aromatic rings. The van der Waals surface area contributed by atoms with Gasteiger partial charge in [-0.1, -0.05) is 12.1 Å². The van der Waals surface area contributed by atoms with Crippen LogP contribution >= 0.6 is 0 Å². The number of carbonyl (C=O) groups excluding carboxylic acids is 1. The summed E-state index contributed by atoms with van der Waals surface area (Å²) < 4.78 is 37.1. The van der Waals surface area contributed by atoms with Crippen molar-refractivity contribution < 1.29 is 23.1 Å². The zero-order valence-corrected chi connectivity index (χ0v) is 10.2. The van der Waals surface area contributed by atoms with Gasteiger partial charge in [-0.2, -0.15) is 13.2 Å². The van der Waals surface area contributed by atoms with Crippen molar-refractivity contribution in [2.45, 2.75) is 12.6 Å². The molecule has 0 radical (unpaired) electrons. The monoisotopic (exact) mass is 273 g/mol. The first kappa shape index (κ1) is 13.9. The second-order valence-corrected chi connectivity index (χ2v) is 4.72. The summed E-state index contributed by atoms with van der Waals surface area (Å²) in [6.07, 6.45) is -4.26. The first-order valence-corrected chi connectivity index (χ1v) is 5.95. The van der Waals surface area contributed by atoms with Gasteiger partial charge < -0.3 is 10.0 Å². The third-order valence-corrected chi connectivity index (χ3v) is 3.20. The van der Waals surface area contributed by atoms with Crippen molar-refractivity contribution in [2.75, 3.05) is 19.7 Å². The standard InChI is InChI=1S/C13H14F3NO2/c14-13(15,16)11-3-1-9(2-4-11)5-12(19)17-6-10(7-17)8-18/h1-4,10,18H,5-8H2. The molecule has 0 aliphatic carbocycles. The number of amides is 1. The number of benzene rings is 1. The maximum Gasteiger partial charge on any atom is 0.416 e. The fourth-order valence-corrected chi connectivity index (χ4v) is 1.99. The number of hydrogen-bond donors (Lipinski definition) is 1. The number of rotatable bonds is 3. The Morgan fingerprint density at radius 1 is 1.26 bits per heavy atom. The second-order valence-electron chi connectivity index (χ2n) is 4.72. The lowest BCUT2D eigenvalue weighted by molar-refractivity contribution is -0.138. The Hall–Kier alpha value is -1.56. The number of alkyl halides is 3. The summed E-state index contributed by atoms with van der Waals surface area (Å²) in [6.45, 7) is 1.11. The van der Waals surface area contributed by atoms with Gasteiger partial charge in [0.1, 0.15) is 0 Å². The van der Waals surface area contributed by atoms with E-state index in [-0.39, 0.29) is 24.9 Å². The van der Waals surface area contributed by atoms with E-state index in [2.05, 4.69) is 0 Å². The van der Waals surface area contributed by atoms with Crippen LogP contribution in [0.5, 0.6) is 0 Å². The molecule has 6 heteroatoms. The lowest BCUT2D eigenvalue weighted by Crippen LogP contribution is -2.51. The number of nitrogens with zero attached hydrogens (tertiary/aromatic N) is 1. The molecule has 3 nitrogen and oxygen atoms in total. The summed E-state index contributed by atoms with van der Waals surface area (Å²) in [6, 6.07) is 4.61. The van der Waals surface area contributed by atoms with Crippen LogP contribution in [-0.4, -0.2) is 35.6 Å². The molecular weight excluding hydrogens is 259 g/mol. The zero-order valence-electron chi connectivity index (χ0n) is 10.2. The number of carbonyl (C=O) groups is 1. The van der Waals surface area contributed by atoms with Crippen molar-refractivity contribution in [3.63, 3.8) is 0 Å². The molecule has 0 unspecified atom stereocenters. The van der Waals surface area contributed by atoms with E-state index in [1.54, 1.807) is 4.90 Å². The molecule has 2 rings (SSSR count). The fourth-order valence-electron chi connectivity index (χ4n) is 1.99. The van der Waals surface area contributed by atoms with Crippen LogP contribution in [0.15, 0.2) is 24.3 Å². The molecule has 1 heterocycles. The number of likely N-dealkylation sites (tertiary alicyclic amines) is 1. The largest absolute Gasteiger partial charge is 0.416 e. The van der Waals surface area contributed by atoms with E-state index in [1.807, 2.05) is 0 Å². The third-order valence-electron chi connectivity index (χ3n) is 3.20. The maximum atomic E-state index is 12.4. The Morgan fingerprint density at radius 2 is 1.84 bits per heavy atom. The molecule has 0 bridgehead atoms. The highest BCUT2D eigenvalue weighted by atomic mass is 19.4. The molecule has 1 aliphatic heterocycles. The summed E-state index contributed by atoms with van der Waals surface area (Å²) in [5.41, 5.74) is -0.154. The smallest absolute Gasteiger partial charge is 0.396 e. The minimum absolute atomic E-state index is 0.0596. The predicted octanol–water partition coefficient (Wildman–Crippen LogP) is 1.70. The van der Waals surface area contributed by atoms with Crippen LogP contribution in [-0.2, 0) is 17.4 Å². The zero-order chi connectivity index (χ0) is 14.0. The summed E-state index contributed by atoms with van der Waals surface area (Å²) >= 11 is 0. The predicted molar refractivity (Wildman–Crippen MR) is 62.3 cm³/mol. The molecule has 1 aromatic carbocycles. The Bertz CT molecular complexity index is 450. The SMILES string of the molecule is O=C(Cc1ccc(C(F)(F)F)cc1)N1CC(CO)C1. The number of aliphatic hydroxyl groups is 1. The summed E-state index contributed by atoms with van der Waals surface area (Å²) in [7, 11) is 0. The molecule has 0 aromatic heterocycles. The molecule has 0 saturated carbocycles. The fraction of sp³-hybridized carbons (Fsp3) is 0.462. The van der Waals surface area contributed by atoms with Crippen molar-refractivity contribution in [3.05, 3.63) is 35.4 Å². The minimum atomic E-state index is -4.35. The lowest BCUT2D eigenvalue weighted by atomic mass is 10.00. The molecular formula is C13H14F3NO2. The van der Waals surface area contributed by atoms with Crippen LogP contribution in [0.4, 0.5) is 13.2 Å². The van der Waals surface area contributed by atoms with Crippen LogP contribution < -0.4 is 0 Å². The molecule has 1 N–H and O–H groups in total. The van der Waals surface area contributed by atoms with Crippen molar-refractivity contribution in [3.8, 4) is 0 Å². The first-order valence-electron chi connectivity index (χ1n) is 5.95. The Morgan fingerprint density at radius 3 is 2.32 bits per heavy atom. The van der Waals surface area contributed by atoms with Gasteiger partial charge in [0.05, 0.1) is 12.0 Å². The normalized spacial score (nSPS) is 16.3. The van der Waals surface area contributed by atoms with Gasteiger partial charge in [0.15, 0.2) is 0 Å². The van der Waals surface area contributed by atoms with E-state index < -0.39 is 11.7 Å². The van der Waals surface area contributed by atoms with Gasteiger partial charge in [0.2, 0.25) is 5.91 Å². The summed E-state index contributed by atoms with van der Waals surface area (Å²) in [5.74, 6) is 0.0148. The van der Waals surface area contributed by atoms with Crippen LogP contribution in [0.25, 0.3) is 0 Å². The van der Waals surface area contributed by atoms with Crippen LogP contribution in [0, 0.1) is 5.92 Å². The minimum Gasteiger partial charge on any atom is -0.396 e. The molecule has 1 saturated heterocycles. The molecule has 104 valence electrons. The number of halogens is 3. The summed E-state index contributed by atoms with van der Waals surface area (Å²) in [5, 5.41) is 8.84. The number of aliphatic hydroxyl groups excluding tert-OH is 1. The molecule has 1 aliphatic rings. The van der Waals surface area contributed by atoms with Crippen LogP contribution in [0.3, 0.4) is 0 Å². The van der Waals surface area contributed by atoms with Crippen LogP contribution in [0.1, 0.15) is 11.1 Å². The third kappa shape index (κ3) is 3.26. The van der Waals surface area contributed by atoms with Crippen molar-refractivity contribution >= 4 is 5.91 Å². The van der Waals surface area contributed by atoms with Gasteiger partial charge in [0.25, 0.3) is 0 Å². The van der Waals surface area contributed by atoms with E-state index in [0.717, 1.165) is 12.1 Å². The highest BCUT2D eigenvalue weighted by Crippen LogP contribution is 2.29. The highest BCUT2D eigenvalue weighted by molar-refractivity contribution is 5.79. The highest BCUT2D eigenvalue weighted by Gasteiger charge is 2.31. The van der Waals surface area contributed by atoms with Crippen molar-refractivity contribution in [1.29, 1.82) is 0 Å². The van der Waals surface area contributed by atoms with Gasteiger partial charge in [0, 0.05) is 25.6 Å². The first-order chi connectivity index (χ1) is 8.90. The number of hydrogen-bond acceptors (Lipinski definition) is 2. The summed E-state index contributed by atoms with van der Waals surface area (Å²) in [4.78, 5) is 13.4. The van der Waals surface area contributed by atoms with Crippen LogP contribution in [0.2, 0.25) is 0 Å². The van der Waals surface area contributed by atoms with Gasteiger partial charge in [-0.25, -0.2) is 0 Å². The Labute approximate surface area is 108 Å².